The summed E-state index contributed by atoms with van der Waals surface area (Å²) in [6, 6.07) is 5.72. The van der Waals surface area contributed by atoms with Crippen molar-refractivity contribution in [2.24, 2.45) is 0 Å². The molecule has 0 saturated carbocycles. The first kappa shape index (κ1) is 12.1. The summed E-state index contributed by atoms with van der Waals surface area (Å²) in [5, 5.41) is 6.13. The van der Waals surface area contributed by atoms with Gasteiger partial charge in [-0.2, -0.15) is 0 Å². The van der Waals surface area contributed by atoms with E-state index in [4.69, 9.17) is 4.74 Å². The van der Waals surface area contributed by atoms with Crippen molar-refractivity contribution in [3.8, 4) is 0 Å². The summed E-state index contributed by atoms with van der Waals surface area (Å²) in [5.41, 5.74) is 3.09. The van der Waals surface area contributed by atoms with Crippen molar-refractivity contribution in [2.75, 3.05) is 25.1 Å². The van der Waals surface area contributed by atoms with E-state index in [1.165, 1.54) is 0 Å². The molecule has 92 valence electrons. The predicted octanol–water partition coefficient (Wildman–Crippen LogP) is 1.61. The number of rotatable bonds is 5. The number of hydrogen-bond donors (Lipinski definition) is 2. The molecule has 1 unspecified atom stereocenters. The number of amides is 1. The number of nitrogens with one attached hydrogen (secondary N) is 2. The van der Waals surface area contributed by atoms with Gasteiger partial charge in [0.05, 0.1) is 6.61 Å². The van der Waals surface area contributed by atoms with Gasteiger partial charge in [0.25, 0.3) is 0 Å². The molecule has 2 rings (SSSR count). The zero-order chi connectivity index (χ0) is 12.3. The van der Waals surface area contributed by atoms with Gasteiger partial charge in [0.15, 0.2) is 0 Å². The number of carbonyl (C=O) groups excluding carboxylic acids is 1. The average molecular weight is 234 g/mol. The Morgan fingerprint density at radius 3 is 3.06 bits per heavy atom. The molecule has 1 aliphatic heterocycles. The number of hydrogen-bond acceptors (Lipinski definition) is 3. The lowest BCUT2D eigenvalue weighted by molar-refractivity contribution is -0.117. The predicted molar refractivity (Wildman–Crippen MR) is 67.0 cm³/mol. The number of carbonyl (C=O) groups is 1. The minimum Gasteiger partial charge on any atom is -0.380 e. The highest BCUT2D eigenvalue weighted by Crippen LogP contribution is 2.32. The second kappa shape index (κ2) is 5.29. The highest BCUT2D eigenvalue weighted by molar-refractivity contribution is 6.03. The molecule has 1 aliphatic rings. The van der Waals surface area contributed by atoms with Gasteiger partial charge >= 0.3 is 0 Å². The second-order valence-corrected chi connectivity index (χ2v) is 4.11. The first-order chi connectivity index (χ1) is 8.24. The van der Waals surface area contributed by atoms with Gasteiger partial charge in [-0.3, -0.25) is 10.1 Å². The van der Waals surface area contributed by atoms with Gasteiger partial charge < -0.3 is 10.1 Å². The van der Waals surface area contributed by atoms with Crippen molar-refractivity contribution in [2.45, 2.75) is 19.9 Å². The van der Waals surface area contributed by atoms with Gasteiger partial charge in [0, 0.05) is 24.4 Å². The number of ether oxygens (including phenoxy) is 1. The number of para-hydroxylation sites is 1. The maximum absolute atomic E-state index is 11.8. The van der Waals surface area contributed by atoms with Crippen LogP contribution < -0.4 is 10.6 Å². The lowest BCUT2D eigenvalue weighted by Gasteiger charge is -2.11. The fraction of sp³-hybridized carbons (Fsp3) is 0.462. The molecule has 0 aliphatic carbocycles. The monoisotopic (exact) mass is 234 g/mol. The zero-order valence-corrected chi connectivity index (χ0v) is 10.2. The third-order valence-electron chi connectivity index (χ3n) is 2.93. The Balaban J connectivity index is 2.05. The van der Waals surface area contributed by atoms with Crippen LogP contribution in [-0.2, 0) is 9.53 Å². The van der Waals surface area contributed by atoms with Gasteiger partial charge in [0.2, 0.25) is 5.91 Å². The molecule has 0 aromatic heterocycles. The molecule has 0 radical (unpaired) electrons. The third kappa shape index (κ3) is 2.48. The Morgan fingerprint density at radius 2 is 2.29 bits per heavy atom. The van der Waals surface area contributed by atoms with Crippen LogP contribution in [0.1, 0.15) is 24.1 Å². The number of aryl methyl sites for hydroxylation is 1. The van der Waals surface area contributed by atoms with Crippen LogP contribution >= 0.6 is 0 Å². The molecular formula is C13H18N2O2. The van der Waals surface area contributed by atoms with Crippen LogP contribution in [-0.4, -0.2) is 25.7 Å². The molecular weight excluding hydrogens is 216 g/mol. The molecule has 1 amide bonds. The van der Waals surface area contributed by atoms with Crippen LogP contribution in [0.3, 0.4) is 0 Å². The van der Waals surface area contributed by atoms with E-state index < -0.39 is 0 Å². The van der Waals surface area contributed by atoms with Crippen LogP contribution in [0.15, 0.2) is 18.2 Å². The normalized spacial score (nSPS) is 18.0. The van der Waals surface area contributed by atoms with E-state index in [2.05, 4.69) is 10.6 Å². The maximum atomic E-state index is 11.8. The summed E-state index contributed by atoms with van der Waals surface area (Å²) in [6.45, 7) is 5.97. The van der Waals surface area contributed by atoms with Crippen LogP contribution in [0, 0.1) is 6.92 Å². The van der Waals surface area contributed by atoms with Crippen molar-refractivity contribution < 1.29 is 9.53 Å². The fourth-order valence-electron chi connectivity index (χ4n) is 2.06. The Morgan fingerprint density at radius 1 is 1.47 bits per heavy atom. The Bertz CT molecular complexity index is 418. The number of anilines is 1. The van der Waals surface area contributed by atoms with E-state index in [9.17, 15) is 4.79 Å². The summed E-state index contributed by atoms with van der Waals surface area (Å²) in [5.74, 6) is 0.0193. The fourth-order valence-corrected chi connectivity index (χ4v) is 2.06. The molecule has 4 nitrogen and oxygen atoms in total. The van der Waals surface area contributed by atoms with Gasteiger partial charge in [0.1, 0.15) is 6.04 Å². The first-order valence-corrected chi connectivity index (χ1v) is 5.95. The van der Waals surface area contributed by atoms with Crippen molar-refractivity contribution >= 4 is 11.6 Å². The molecule has 17 heavy (non-hydrogen) atoms. The molecule has 2 N–H and O–H groups in total. The average Bonchev–Trinajstić information content (AvgIpc) is 2.63. The SMILES string of the molecule is CCOCCNC1C(=O)Nc2c(C)cccc21. The molecule has 1 atom stereocenters. The van der Waals surface area contributed by atoms with Crippen LogP contribution in [0.2, 0.25) is 0 Å². The Labute approximate surface area is 101 Å². The third-order valence-corrected chi connectivity index (χ3v) is 2.93. The van der Waals surface area contributed by atoms with Crippen molar-refractivity contribution in [1.29, 1.82) is 0 Å². The molecule has 0 spiro atoms. The first-order valence-electron chi connectivity index (χ1n) is 5.95. The van der Waals surface area contributed by atoms with Gasteiger partial charge in [-0.25, -0.2) is 0 Å². The van der Waals surface area contributed by atoms with Gasteiger partial charge in [-0.1, -0.05) is 18.2 Å². The highest BCUT2D eigenvalue weighted by atomic mass is 16.5. The standard InChI is InChI=1S/C13H18N2O2/c1-3-17-8-7-14-12-10-6-4-5-9(2)11(10)15-13(12)16/h4-6,12,14H,3,7-8H2,1-2H3,(H,15,16). The van der Waals surface area contributed by atoms with E-state index in [0.29, 0.717) is 19.8 Å². The van der Waals surface area contributed by atoms with Crippen LogP contribution in [0.25, 0.3) is 0 Å². The molecule has 1 aromatic rings. The summed E-state index contributed by atoms with van der Waals surface area (Å²) in [7, 11) is 0. The molecule has 1 heterocycles. The maximum Gasteiger partial charge on any atom is 0.246 e. The topological polar surface area (TPSA) is 50.4 Å². The molecule has 0 bridgehead atoms. The van der Waals surface area contributed by atoms with Crippen LogP contribution in [0.5, 0.6) is 0 Å². The quantitative estimate of drug-likeness (QED) is 0.761. The van der Waals surface area contributed by atoms with Gasteiger partial charge in [-0.15, -0.1) is 0 Å². The summed E-state index contributed by atoms with van der Waals surface area (Å²) in [4.78, 5) is 11.8. The largest absolute Gasteiger partial charge is 0.380 e. The lowest BCUT2D eigenvalue weighted by Crippen LogP contribution is -2.30. The minimum absolute atomic E-state index is 0.0193. The van der Waals surface area contributed by atoms with Crippen molar-refractivity contribution in [3.05, 3.63) is 29.3 Å². The van der Waals surface area contributed by atoms with E-state index in [-0.39, 0.29) is 11.9 Å². The van der Waals surface area contributed by atoms with E-state index in [1.807, 2.05) is 32.0 Å². The zero-order valence-electron chi connectivity index (χ0n) is 10.2. The van der Waals surface area contributed by atoms with Crippen LogP contribution in [0.4, 0.5) is 5.69 Å². The summed E-state index contributed by atoms with van der Waals surface area (Å²) < 4.78 is 5.25. The Kier molecular flexibility index (Phi) is 3.76. The smallest absolute Gasteiger partial charge is 0.246 e. The molecule has 4 heteroatoms. The van der Waals surface area contributed by atoms with Gasteiger partial charge in [-0.05, 0) is 19.4 Å². The van der Waals surface area contributed by atoms with E-state index >= 15 is 0 Å². The molecule has 1 aromatic carbocycles. The molecule has 0 saturated heterocycles. The van der Waals surface area contributed by atoms with E-state index in [0.717, 1.165) is 16.8 Å². The second-order valence-electron chi connectivity index (χ2n) is 4.11. The highest BCUT2D eigenvalue weighted by Gasteiger charge is 2.30. The number of fused-ring (bicyclic) bond motifs is 1. The number of benzene rings is 1. The van der Waals surface area contributed by atoms with Crippen molar-refractivity contribution in [1.82, 2.24) is 5.32 Å². The Hall–Kier alpha value is -1.39. The molecule has 0 fully saturated rings. The summed E-state index contributed by atoms with van der Waals surface area (Å²) >= 11 is 0. The van der Waals surface area contributed by atoms with Crippen molar-refractivity contribution in [3.63, 3.8) is 0 Å². The lowest BCUT2D eigenvalue weighted by atomic mass is 10.1. The van der Waals surface area contributed by atoms with E-state index in [1.54, 1.807) is 0 Å². The minimum atomic E-state index is -0.245. The summed E-state index contributed by atoms with van der Waals surface area (Å²) in [6.07, 6.45) is 0.